The van der Waals surface area contributed by atoms with Gasteiger partial charge in [0.1, 0.15) is 11.6 Å². The summed E-state index contributed by atoms with van der Waals surface area (Å²) in [6.45, 7) is 6.92. The smallest absolute Gasteiger partial charge is 0.219 e. The van der Waals surface area contributed by atoms with Crippen molar-refractivity contribution in [1.29, 1.82) is 0 Å². The molecule has 0 bridgehead atoms. The zero-order chi connectivity index (χ0) is 19.7. The molecular weight excluding hydrogens is 372 g/mol. The Hall–Kier alpha value is -2.14. The van der Waals surface area contributed by atoms with E-state index in [0.717, 1.165) is 61.4 Å². The number of anilines is 1. The van der Waals surface area contributed by atoms with Crippen molar-refractivity contribution in [3.05, 3.63) is 51.9 Å². The number of carbonyl (C=O) groups is 1. The fraction of sp³-hybridized carbons (Fsp3) is 0.500. The van der Waals surface area contributed by atoms with Gasteiger partial charge in [0.2, 0.25) is 5.91 Å². The first-order valence-electron chi connectivity index (χ1n) is 10.2. The predicted octanol–water partition coefficient (Wildman–Crippen LogP) is 3.83. The van der Waals surface area contributed by atoms with E-state index in [1.807, 2.05) is 23.1 Å². The fourth-order valence-corrected chi connectivity index (χ4v) is 4.09. The third kappa shape index (κ3) is 4.14. The van der Waals surface area contributed by atoms with Gasteiger partial charge in [-0.05, 0) is 37.0 Å². The molecule has 148 valence electrons. The van der Waals surface area contributed by atoms with Crippen LogP contribution in [0.5, 0.6) is 0 Å². The molecule has 5 nitrogen and oxygen atoms in total. The zero-order valence-electron chi connectivity index (χ0n) is 16.6. The molecule has 1 aromatic carbocycles. The van der Waals surface area contributed by atoms with Crippen molar-refractivity contribution < 1.29 is 4.79 Å². The van der Waals surface area contributed by atoms with Crippen molar-refractivity contribution in [2.45, 2.75) is 45.4 Å². The van der Waals surface area contributed by atoms with Crippen LogP contribution in [0.3, 0.4) is 0 Å². The number of amides is 1. The number of piperazine rings is 1. The Morgan fingerprint density at radius 3 is 2.54 bits per heavy atom. The van der Waals surface area contributed by atoms with Crippen LogP contribution in [0.25, 0.3) is 0 Å². The molecule has 1 aliphatic carbocycles. The third-order valence-electron chi connectivity index (χ3n) is 5.66. The highest BCUT2D eigenvalue weighted by atomic mass is 35.5. The first kappa shape index (κ1) is 19.2. The lowest BCUT2D eigenvalue weighted by Gasteiger charge is -2.36. The molecule has 0 unspecified atom stereocenters. The molecule has 2 aliphatic rings. The molecule has 0 spiro atoms. The van der Waals surface area contributed by atoms with Crippen LogP contribution < -0.4 is 4.90 Å². The van der Waals surface area contributed by atoms with Crippen molar-refractivity contribution in [2.75, 3.05) is 31.1 Å². The molecule has 28 heavy (non-hydrogen) atoms. The van der Waals surface area contributed by atoms with Crippen LogP contribution in [0.2, 0.25) is 5.02 Å². The Morgan fingerprint density at radius 2 is 1.93 bits per heavy atom. The molecule has 1 saturated carbocycles. The lowest BCUT2D eigenvalue weighted by atomic mass is 10.0. The molecule has 2 fully saturated rings. The Kier molecular flexibility index (Phi) is 5.54. The number of rotatable bonds is 5. The van der Waals surface area contributed by atoms with Crippen LogP contribution >= 0.6 is 11.6 Å². The fourth-order valence-electron chi connectivity index (χ4n) is 3.88. The third-order valence-corrected chi connectivity index (χ3v) is 5.90. The number of hydrogen-bond donors (Lipinski definition) is 0. The maximum atomic E-state index is 11.7. The summed E-state index contributed by atoms with van der Waals surface area (Å²) in [7, 11) is 0. The van der Waals surface area contributed by atoms with E-state index in [9.17, 15) is 4.79 Å². The van der Waals surface area contributed by atoms with Crippen molar-refractivity contribution in [1.82, 2.24) is 14.9 Å². The molecule has 1 saturated heterocycles. The number of hydrogen-bond acceptors (Lipinski definition) is 4. The summed E-state index contributed by atoms with van der Waals surface area (Å²) in [5.74, 6) is 2.71. The van der Waals surface area contributed by atoms with Crippen molar-refractivity contribution in [2.24, 2.45) is 0 Å². The zero-order valence-corrected chi connectivity index (χ0v) is 17.4. The summed E-state index contributed by atoms with van der Waals surface area (Å²) in [4.78, 5) is 25.9. The molecular formula is C22H27ClN4O. The summed E-state index contributed by atoms with van der Waals surface area (Å²) >= 11 is 6.21. The Balaban J connectivity index is 1.70. The van der Waals surface area contributed by atoms with E-state index in [4.69, 9.17) is 21.6 Å². The maximum absolute atomic E-state index is 11.7. The molecule has 2 heterocycles. The second-order valence-corrected chi connectivity index (χ2v) is 8.19. The minimum Gasteiger partial charge on any atom is -0.353 e. The van der Waals surface area contributed by atoms with Gasteiger partial charge in [0.25, 0.3) is 0 Å². The van der Waals surface area contributed by atoms with Crippen LogP contribution in [0, 0.1) is 0 Å². The number of halogens is 1. The second kappa shape index (κ2) is 8.08. The van der Waals surface area contributed by atoms with Crippen molar-refractivity contribution in [3.8, 4) is 0 Å². The molecule has 4 rings (SSSR count). The first-order valence-corrected chi connectivity index (χ1v) is 10.6. The lowest BCUT2D eigenvalue weighted by Crippen LogP contribution is -2.48. The molecule has 1 amide bonds. The van der Waals surface area contributed by atoms with Crippen molar-refractivity contribution >= 4 is 23.3 Å². The first-order chi connectivity index (χ1) is 13.5. The highest BCUT2D eigenvalue weighted by Gasteiger charge is 2.30. The standard InChI is InChI=1S/C22H27ClN4O/c1-3-20-19(14-16-5-4-6-18(23)13-16)22(25-21(24-20)17-7-8-17)27-11-9-26(10-12-27)15(2)28/h4-6,13,17H,3,7-12,14H2,1-2H3. The number of nitrogens with zero attached hydrogens (tertiary/aromatic N) is 4. The Labute approximate surface area is 171 Å². The molecule has 0 atom stereocenters. The quantitative estimate of drug-likeness (QED) is 0.768. The Morgan fingerprint density at radius 1 is 1.18 bits per heavy atom. The minimum atomic E-state index is 0.148. The molecule has 6 heteroatoms. The van der Waals surface area contributed by atoms with Crippen molar-refractivity contribution in [3.63, 3.8) is 0 Å². The van der Waals surface area contributed by atoms with Crippen LogP contribution in [0.4, 0.5) is 5.82 Å². The number of aryl methyl sites for hydroxylation is 1. The van der Waals surface area contributed by atoms with Crippen LogP contribution in [0.1, 0.15) is 55.3 Å². The molecule has 2 aromatic rings. The maximum Gasteiger partial charge on any atom is 0.219 e. The van der Waals surface area contributed by atoms with Gasteiger partial charge < -0.3 is 9.80 Å². The van der Waals surface area contributed by atoms with Gasteiger partial charge in [0.15, 0.2) is 0 Å². The molecule has 0 N–H and O–H groups in total. The average Bonchev–Trinajstić information content (AvgIpc) is 3.53. The van der Waals surface area contributed by atoms with Gasteiger partial charge >= 0.3 is 0 Å². The highest BCUT2D eigenvalue weighted by Crippen LogP contribution is 2.40. The van der Waals surface area contributed by atoms with Gasteiger partial charge in [0, 0.05) is 61.7 Å². The average molecular weight is 399 g/mol. The van der Waals surface area contributed by atoms with Gasteiger partial charge in [0.05, 0.1) is 0 Å². The lowest BCUT2D eigenvalue weighted by molar-refractivity contribution is -0.129. The molecule has 1 aliphatic heterocycles. The van der Waals surface area contributed by atoms with E-state index in [0.29, 0.717) is 5.92 Å². The van der Waals surface area contributed by atoms with Gasteiger partial charge in [-0.25, -0.2) is 9.97 Å². The van der Waals surface area contributed by atoms with E-state index in [2.05, 4.69) is 17.9 Å². The molecule has 1 aromatic heterocycles. The highest BCUT2D eigenvalue weighted by molar-refractivity contribution is 6.30. The van der Waals surface area contributed by atoms with Gasteiger partial charge in [-0.15, -0.1) is 0 Å². The van der Waals surface area contributed by atoms with Gasteiger partial charge in [-0.2, -0.15) is 0 Å². The van der Waals surface area contributed by atoms with E-state index in [1.54, 1.807) is 6.92 Å². The SMILES string of the molecule is CCc1nc(C2CC2)nc(N2CCN(C(C)=O)CC2)c1Cc1cccc(Cl)c1. The summed E-state index contributed by atoms with van der Waals surface area (Å²) < 4.78 is 0. The van der Waals surface area contributed by atoms with E-state index in [-0.39, 0.29) is 5.91 Å². The summed E-state index contributed by atoms with van der Waals surface area (Å²) in [6, 6.07) is 8.03. The number of benzene rings is 1. The monoisotopic (exact) mass is 398 g/mol. The largest absolute Gasteiger partial charge is 0.353 e. The Bertz CT molecular complexity index is 873. The summed E-state index contributed by atoms with van der Waals surface area (Å²) in [6.07, 6.45) is 4.04. The number of carbonyl (C=O) groups excluding carboxylic acids is 1. The predicted molar refractivity (Wildman–Crippen MR) is 112 cm³/mol. The van der Waals surface area contributed by atoms with Crippen LogP contribution in [-0.2, 0) is 17.6 Å². The van der Waals surface area contributed by atoms with E-state index >= 15 is 0 Å². The summed E-state index contributed by atoms with van der Waals surface area (Å²) in [5, 5.41) is 0.752. The normalized spacial score (nSPS) is 17.1. The minimum absolute atomic E-state index is 0.148. The number of aromatic nitrogens is 2. The van der Waals surface area contributed by atoms with E-state index in [1.165, 1.54) is 24.0 Å². The second-order valence-electron chi connectivity index (χ2n) is 7.76. The van der Waals surface area contributed by atoms with Gasteiger partial charge in [-0.3, -0.25) is 4.79 Å². The molecule has 0 radical (unpaired) electrons. The van der Waals surface area contributed by atoms with E-state index < -0.39 is 0 Å². The van der Waals surface area contributed by atoms with Crippen LogP contribution in [-0.4, -0.2) is 47.0 Å². The summed E-state index contributed by atoms with van der Waals surface area (Å²) in [5.41, 5.74) is 3.51. The van der Waals surface area contributed by atoms with Gasteiger partial charge in [-0.1, -0.05) is 30.7 Å². The van der Waals surface area contributed by atoms with Crippen LogP contribution in [0.15, 0.2) is 24.3 Å². The topological polar surface area (TPSA) is 49.3 Å².